The van der Waals surface area contributed by atoms with E-state index in [9.17, 15) is 4.79 Å². The van der Waals surface area contributed by atoms with Gasteiger partial charge in [0.05, 0.1) is 5.69 Å². The zero-order valence-electron chi connectivity index (χ0n) is 10.9. The van der Waals surface area contributed by atoms with Gasteiger partial charge in [-0.25, -0.2) is 4.79 Å². The molecule has 2 amide bonds. The number of urea groups is 1. The normalized spacial score (nSPS) is 15.8. The number of hydrogen-bond acceptors (Lipinski definition) is 1. The maximum atomic E-state index is 12.1. The molecule has 0 saturated carbocycles. The maximum absolute atomic E-state index is 12.1. The number of nitrogens with zero attached hydrogens (tertiary/aromatic N) is 2. The lowest BCUT2D eigenvalue weighted by Crippen LogP contribution is -2.30. The number of likely N-dealkylation sites (N-methyl/N-ethyl adjacent to an activating group) is 1. The van der Waals surface area contributed by atoms with E-state index in [0.717, 1.165) is 31.6 Å². The molecule has 0 radical (unpaired) electrons. The van der Waals surface area contributed by atoms with Gasteiger partial charge in [-0.3, -0.25) is 4.90 Å². The highest BCUT2D eigenvalue weighted by Gasteiger charge is 2.29. The summed E-state index contributed by atoms with van der Waals surface area (Å²) >= 11 is 0. The van der Waals surface area contributed by atoms with Gasteiger partial charge in [0.1, 0.15) is 0 Å². The van der Waals surface area contributed by atoms with Crippen molar-refractivity contribution in [1.82, 2.24) is 4.90 Å². The fourth-order valence-electron chi connectivity index (χ4n) is 2.42. The molecule has 1 aromatic rings. The van der Waals surface area contributed by atoms with Gasteiger partial charge in [-0.05, 0) is 24.0 Å². The molecular weight excluding hydrogens is 212 g/mol. The highest BCUT2D eigenvalue weighted by molar-refractivity contribution is 5.95. The van der Waals surface area contributed by atoms with Crippen LogP contribution in [0.3, 0.4) is 0 Å². The van der Waals surface area contributed by atoms with Gasteiger partial charge in [-0.2, -0.15) is 0 Å². The Morgan fingerprint density at radius 1 is 1.12 bits per heavy atom. The van der Waals surface area contributed by atoms with Crippen LogP contribution in [0, 0.1) is 0 Å². The van der Waals surface area contributed by atoms with Crippen LogP contribution in [0.1, 0.15) is 25.0 Å². The summed E-state index contributed by atoms with van der Waals surface area (Å²) in [5.41, 5.74) is 3.69. The van der Waals surface area contributed by atoms with Crippen LogP contribution in [0.15, 0.2) is 18.2 Å². The molecule has 0 bridgehead atoms. The van der Waals surface area contributed by atoms with Crippen LogP contribution in [0.25, 0.3) is 0 Å². The number of rotatable bonds is 3. The van der Waals surface area contributed by atoms with Gasteiger partial charge in [-0.15, -0.1) is 0 Å². The first-order valence-corrected chi connectivity index (χ1v) is 6.32. The number of para-hydroxylation sites is 1. The smallest absolute Gasteiger partial charge is 0.324 e. The van der Waals surface area contributed by atoms with E-state index < -0.39 is 0 Å². The maximum Gasteiger partial charge on any atom is 0.324 e. The minimum Gasteiger partial charge on any atom is -0.326 e. The second-order valence-electron chi connectivity index (χ2n) is 4.49. The van der Waals surface area contributed by atoms with Crippen LogP contribution in [0.4, 0.5) is 10.5 Å². The molecule has 3 nitrogen and oxygen atoms in total. The Morgan fingerprint density at radius 3 is 2.12 bits per heavy atom. The number of benzene rings is 1. The second kappa shape index (κ2) is 4.78. The van der Waals surface area contributed by atoms with Crippen molar-refractivity contribution in [3.63, 3.8) is 0 Å². The first kappa shape index (κ1) is 12.0. The Morgan fingerprint density at radius 2 is 1.71 bits per heavy atom. The first-order valence-electron chi connectivity index (χ1n) is 6.32. The van der Waals surface area contributed by atoms with E-state index in [1.807, 2.05) is 11.9 Å². The van der Waals surface area contributed by atoms with E-state index in [2.05, 4.69) is 32.0 Å². The third-order valence-electron chi connectivity index (χ3n) is 3.45. The molecule has 1 saturated heterocycles. The average Bonchev–Trinajstić information content (AvgIpc) is 2.69. The Bertz CT molecular complexity index is 406. The number of carbonyl (C=O) groups is 1. The highest BCUT2D eigenvalue weighted by Crippen LogP contribution is 2.29. The Balaban J connectivity index is 2.46. The van der Waals surface area contributed by atoms with Gasteiger partial charge in [0, 0.05) is 20.1 Å². The molecule has 0 N–H and O–H groups in total. The van der Waals surface area contributed by atoms with Crippen molar-refractivity contribution < 1.29 is 4.79 Å². The summed E-state index contributed by atoms with van der Waals surface area (Å²) in [6, 6.07) is 6.46. The van der Waals surface area contributed by atoms with Crippen LogP contribution >= 0.6 is 0 Å². The Labute approximate surface area is 103 Å². The number of hydrogen-bond donors (Lipinski definition) is 0. The van der Waals surface area contributed by atoms with Crippen LogP contribution in [-0.2, 0) is 12.8 Å². The lowest BCUT2D eigenvalue weighted by Gasteiger charge is -2.22. The van der Waals surface area contributed by atoms with Crippen molar-refractivity contribution in [3.05, 3.63) is 29.3 Å². The van der Waals surface area contributed by atoms with E-state index in [4.69, 9.17) is 0 Å². The van der Waals surface area contributed by atoms with Gasteiger partial charge >= 0.3 is 6.03 Å². The summed E-state index contributed by atoms with van der Waals surface area (Å²) in [5.74, 6) is 0. The minimum absolute atomic E-state index is 0.126. The molecule has 0 aromatic heterocycles. The zero-order chi connectivity index (χ0) is 12.4. The minimum atomic E-state index is 0.126. The number of amides is 2. The third-order valence-corrected chi connectivity index (χ3v) is 3.45. The predicted octanol–water partition coefficient (Wildman–Crippen LogP) is 2.68. The fraction of sp³-hybridized carbons (Fsp3) is 0.500. The lowest BCUT2D eigenvalue weighted by atomic mass is 10.0. The van der Waals surface area contributed by atoms with Crippen molar-refractivity contribution in [1.29, 1.82) is 0 Å². The van der Waals surface area contributed by atoms with Crippen molar-refractivity contribution in [2.24, 2.45) is 0 Å². The van der Waals surface area contributed by atoms with E-state index in [-0.39, 0.29) is 6.03 Å². The molecule has 0 atom stereocenters. The molecule has 0 aliphatic carbocycles. The summed E-state index contributed by atoms with van der Waals surface area (Å²) in [6.45, 7) is 5.91. The summed E-state index contributed by atoms with van der Waals surface area (Å²) in [5, 5.41) is 0. The van der Waals surface area contributed by atoms with Gasteiger partial charge in [-0.1, -0.05) is 32.0 Å². The SMILES string of the molecule is CCc1cccc(CC)c1N1CCN(C)C1=O. The average molecular weight is 232 g/mol. The van der Waals surface area contributed by atoms with Crippen LogP contribution in [-0.4, -0.2) is 31.1 Å². The number of carbonyl (C=O) groups excluding carboxylic acids is 1. The highest BCUT2D eigenvalue weighted by atomic mass is 16.2. The molecule has 2 rings (SSSR count). The molecule has 1 aromatic carbocycles. The van der Waals surface area contributed by atoms with Gasteiger partial charge in [0.25, 0.3) is 0 Å². The summed E-state index contributed by atoms with van der Waals surface area (Å²) in [4.78, 5) is 15.8. The topological polar surface area (TPSA) is 23.6 Å². The van der Waals surface area contributed by atoms with Crippen LogP contribution in [0.2, 0.25) is 0 Å². The van der Waals surface area contributed by atoms with E-state index in [1.54, 1.807) is 4.90 Å². The number of aryl methyl sites for hydroxylation is 2. The van der Waals surface area contributed by atoms with Gasteiger partial charge in [0.15, 0.2) is 0 Å². The van der Waals surface area contributed by atoms with Crippen molar-refractivity contribution in [3.8, 4) is 0 Å². The molecular formula is C14H20N2O. The van der Waals surface area contributed by atoms with Gasteiger partial charge < -0.3 is 4.90 Å². The second-order valence-corrected chi connectivity index (χ2v) is 4.49. The fourth-order valence-corrected chi connectivity index (χ4v) is 2.42. The zero-order valence-corrected chi connectivity index (χ0v) is 10.9. The van der Waals surface area contributed by atoms with E-state index >= 15 is 0 Å². The first-order chi connectivity index (χ1) is 8.19. The Hall–Kier alpha value is -1.51. The van der Waals surface area contributed by atoms with Crippen molar-refractivity contribution >= 4 is 11.7 Å². The summed E-state index contributed by atoms with van der Waals surface area (Å²) in [6.07, 6.45) is 1.94. The lowest BCUT2D eigenvalue weighted by molar-refractivity contribution is 0.229. The molecule has 1 aliphatic heterocycles. The molecule has 17 heavy (non-hydrogen) atoms. The molecule has 0 unspecified atom stereocenters. The monoisotopic (exact) mass is 232 g/mol. The van der Waals surface area contributed by atoms with Gasteiger partial charge in [0.2, 0.25) is 0 Å². The summed E-state index contributed by atoms with van der Waals surface area (Å²) in [7, 11) is 1.86. The van der Waals surface area contributed by atoms with E-state index in [0.29, 0.717) is 0 Å². The Kier molecular flexibility index (Phi) is 3.36. The quantitative estimate of drug-likeness (QED) is 0.786. The third kappa shape index (κ3) is 2.02. The summed E-state index contributed by atoms with van der Waals surface area (Å²) < 4.78 is 0. The van der Waals surface area contributed by atoms with Crippen molar-refractivity contribution in [2.75, 3.05) is 25.0 Å². The molecule has 92 valence electrons. The van der Waals surface area contributed by atoms with E-state index in [1.165, 1.54) is 11.1 Å². The molecule has 0 spiro atoms. The largest absolute Gasteiger partial charge is 0.326 e. The van der Waals surface area contributed by atoms with Crippen LogP contribution < -0.4 is 4.90 Å². The van der Waals surface area contributed by atoms with Crippen LogP contribution in [0.5, 0.6) is 0 Å². The van der Waals surface area contributed by atoms with Crippen molar-refractivity contribution in [2.45, 2.75) is 26.7 Å². The standard InChI is InChI=1S/C14H20N2O/c1-4-11-7-6-8-12(5-2)13(11)16-10-9-15(3)14(16)17/h6-8H,4-5,9-10H2,1-3H3. The molecule has 1 heterocycles. The molecule has 3 heteroatoms. The molecule has 1 fully saturated rings. The predicted molar refractivity (Wildman–Crippen MR) is 70.6 cm³/mol. The number of anilines is 1. The molecule has 1 aliphatic rings.